The summed E-state index contributed by atoms with van der Waals surface area (Å²) >= 11 is 5.79. The second kappa shape index (κ2) is 9.03. The molecule has 2 aromatic rings. The molecule has 0 unspecified atom stereocenters. The van der Waals surface area contributed by atoms with E-state index in [9.17, 15) is 14.0 Å². The Morgan fingerprint density at radius 3 is 2.50 bits per heavy atom. The van der Waals surface area contributed by atoms with Gasteiger partial charge in [0.15, 0.2) is 6.61 Å². The average molecular weight is 350 g/mol. The fraction of sp³-hybridized carbons (Fsp3) is 0.222. The van der Waals surface area contributed by atoms with Crippen molar-refractivity contribution in [1.82, 2.24) is 5.32 Å². The number of hydrogen-bond acceptors (Lipinski definition) is 3. The molecule has 0 saturated heterocycles. The quantitative estimate of drug-likeness (QED) is 0.782. The van der Waals surface area contributed by atoms with Gasteiger partial charge in [0.2, 0.25) is 0 Å². The zero-order chi connectivity index (χ0) is 17.4. The first-order valence-corrected chi connectivity index (χ1v) is 7.82. The van der Waals surface area contributed by atoms with E-state index in [1.165, 1.54) is 18.2 Å². The van der Waals surface area contributed by atoms with Crippen molar-refractivity contribution < 1.29 is 18.7 Å². The van der Waals surface area contributed by atoms with E-state index in [2.05, 4.69) is 5.32 Å². The number of carbonyl (C=O) groups is 2. The SMILES string of the molecule is O=C(COC(=O)Cc1ccccc1F)NCCc1ccc(Cl)cc1. The minimum Gasteiger partial charge on any atom is -0.455 e. The lowest BCUT2D eigenvalue weighted by atomic mass is 10.1. The van der Waals surface area contributed by atoms with Crippen LogP contribution in [0.4, 0.5) is 4.39 Å². The highest BCUT2D eigenvalue weighted by atomic mass is 35.5. The predicted octanol–water partition coefficient (Wildman–Crippen LogP) is 2.92. The molecule has 0 aliphatic carbocycles. The minimum atomic E-state index is -0.645. The molecule has 0 aromatic heterocycles. The topological polar surface area (TPSA) is 55.4 Å². The highest BCUT2D eigenvalue weighted by Crippen LogP contribution is 2.09. The Hall–Kier alpha value is -2.40. The summed E-state index contributed by atoms with van der Waals surface area (Å²) in [5.41, 5.74) is 1.28. The zero-order valence-electron chi connectivity index (χ0n) is 12.9. The number of rotatable bonds is 7. The molecule has 2 rings (SSSR count). The first-order valence-electron chi connectivity index (χ1n) is 7.45. The van der Waals surface area contributed by atoms with Gasteiger partial charge in [-0.05, 0) is 35.7 Å². The van der Waals surface area contributed by atoms with Gasteiger partial charge in [0.05, 0.1) is 6.42 Å². The summed E-state index contributed by atoms with van der Waals surface area (Å²) in [7, 11) is 0. The molecule has 0 radical (unpaired) electrons. The number of benzene rings is 2. The van der Waals surface area contributed by atoms with Gasteiger partial charge in [-0.15, -0.1) is 0 Å². The summed E-state index contributed by atoms with van der Waals surface area (Å²) in [6.07, 6.45) is 0.441. The molecule has 0 atom stereocenters. The lowest BCUT2D eigenvalue weighted by molar-refractivity contribution is -0.147. The fourth-order valence-corrected chi connectivity index (χ4v) is 2.17. The molecule has 0 saturated carbocycles. The Morgan fingerprint density at radius 2 is 1.79 bits per heavy atom. The van der Waals surface area contributed by atoms with Crippen molar-refractivity contribution in [3.8, 4) is 0 Å². The van der Waals surface area contributed by atoms with Gasteiger partial charge in [-0.2, -0.15) is 0 Å². The largest absolute Gasteiger partial charge is 0.455 e. The van der Waals surface area contributed by atoms with Crippen LogP contribution >= 0.6 is 11.6 Å². The molecular formula is C18H17ClFNO3. The Balaban J connectivity index is 1.66. The minimum absolute atomic E-state index is 0.204. The third-order valence-corrected chi connectivity index (χ3v) is 3.56. The van der Waals surface area contributed by atoms with Crippen molar-refractivity contribution >= 4 is 23.5 Å². The number of ether oxygens (including phenoxy) is 1. The van der Waals surface area contributed by atoms with Gasteiger partial charge in [0, 0.05) is 11.6 Å². The van der Waals surface area contributed by atoms with Crippen LogP contribution in [0.5, 0.6) is 0 Å². The van der Waals surface area contributed by atoms with Gasteiger partial charge < -0.3 is 10.1 Å². The lowest BCUT2D eigenvalue weighted by Gasteiger charge is -2.07. The molecule has 0 heterocycles. The molecular weight excluding hydrogens is 333 g/mol. The number of carbonyl (C=O) groups excluding carboxylic acids is 2. The van der Waals surface area contributed by atoms with E-state index in [4.69, 9.17) is 16.3 Å². The Bertz CT molecular complexity index is 704. The van der Waals surface area contributed by atoms with Gasteiger partial charge in [0.25, 0.3) is 5.91 Å². The maximum absolute atomic E-state index is 13.4. The zero-order valence-corrected chi connectivity index (χ0v) is 13.7. The summed E-state index contributed by atoms with van der Waals surface area (Å²) in [6.45, 7) is 0.0409. The molecule has 0 aliphatic rings. The van der Waals surface area contributed by atoms with E-state index < -0.39 is 17.7 Å². The molecule has 126 valence electrons. The number of esters is 1. The smallest absolute Gasteiger partial charge is 0.310 e. The molecule has 1 amide bonds. The van der Waals surface area contributed by atoms with E-state index in [0.717, 1.165) is 5.56 Å². The molecule has 6 heteroatoms. The van der Waals surface area contributed by atoms with Crippen LogP contribution in [0, 0.1) is 5.82 Å². The highest BCUT2D eigenvalue weighted by molar-refractivity contribution is 6.30. The summed E-state index contributed by atoms with van der Waals surface area (Å²) < 4.78 is 18.3. The van der Waals surface area contributed by atoms with Crippen LogP contribution in [-0.4, -0.2) is 25.0 Å². The van der Waals surface area contributed by atoms with E-state index in [1.54, 1.807) is 18.2 Å². The van der Waals surface area contributed by atoms with Crippen molar-refractivity contribution in [1.29, 1.82) is 0 Å². The molecule has 2 aromatic carbocycles. The van der Waals surface area contributed by atoms with Gasteiger partial charge in [-0.25, -0.2) is 4.39 Å². The van der Waals surface area contributed by atoms with E-state index in [-0.39, 0.29) is 18.6 Å². The second-order valence-corrected chi connectivity index (χ2v) is 5.59. The summed E-state index contributed by atoms with van der Waals surface area (Å²) in [5.74, 6) is -1.51. The number of nitrogens with one attached hydrogen (secondary N) is 1. The second-order valence-electron chi connectivity index (χ2n) is 5.16. The van der Waals surface area contributed by atoms with Crippen molar-refractivity contribution in [3.63, 3.8) is 0 Å². The fourth-order valence-electron chi connectivity index (χ4n) is 2.04. The Kier molecular flexibility index (Phi) is 6.75. The van der Waals surface area contributed by atoms with Crippen LogP contribution in [0.1, 0.15) is 11.1 Å². The van der Waals surface area contributed by atoms with Gasteiger partial charge in [-0.1, -0.05) is 41.9 Å². The molecule has 0 aliphatic heterocycles. The third-order valence-electron chi connectivity index (χ3n) is 3.31. The third kappa shape index (κ3) is 6.01. The lowest BCUT2D eigenvalue weighted by Crippen LogP contribution is -2.30. The van der Waals surface area contributed by atoms with Crippen LogP contribution in [0.15, 0.2) is 48.5 Å². The molecule has 1 N–H and O–H groups in total. The number of hydrogen-bond donors (Lipinski definition) is 1. The Morgan fingerprint density at radius 1 is 1.08 bits per heavy atom. The summed E-state index contributed by atoms with van der Waals surface area (Å²) in [5, 5.41) is 3.31. The van der Waals surface area contributed by atoms with E-state index >= 15 is 0 Å². The monoisotopic (exact) mass is 349 g/mol. The number of amides is 1. The van der Waals surface area contributed by atoms with Gasteiger partial charge in [-0.3, -0.25) is 9.59 Å². The van der Waals surface area contributed by atoms with Crippen molar-refractivity contribution in [3.05, 3.63) is 70.5 Å². The van der Waals surface area contributed by atoms with Crippen LogP contribution in [0.2, 0.25) is 5.02 Å². The molecule has 0 bridgehead atoms. The van der Waals surface area contributed by atoms with E-state index in [1.807, 2.05) is 12.1 Å². The number of halogens is 2. The van der Waals surface area contributed by atoms with Crippen LogP contribution in [-0.2, 0) is 27.2 Å². The normalized spacial score (nSPS) is 10.2. The Labute approximate surface area is 144 Å². The maximum Gasteiger partial charge on any atom is 0.310 e. The van der Waals surface area contributed by atoms with Crippen molar-refractivity contribution in [2.45, 2.75) is 12.8 Å². The van der Waals surface area contributed by atoms with Crippen molar-refractivity contribution in [2.75, 3.05) is 13.2 Å². The average Bonchev–Trinajstić information content (AvgIpc) is 2.57. The first kappa shape index (κ1) is 17.9. The van der Waals surface area contributed by atoms with E-state index in [0.29, 0.717) is 18.0 Å². The highest BCUT2D eigenvalue weighted by Gasteiger charge is 2.10. The molecule has 0 fully saturated rings. The van der Waals surface area contributed by atoms with Gasteiger partial charge in [0.1, 0.15) is 5.82 Å². The van der Waals surface area contributed by atoms with Crippen LogP contribution in [0.25, 0.3) is 0 Å². The van der Waals surface area contributed by atoms with Crippen molar-refractivity contribution in [2.24, 2.45) is 0 Å². The summed E-state index contributed by atoms with van der Waals surface area (Å²) in [4.78, 5) is 23.2. The van der Waals surface area contributed by atoms with Crippen LogP contribution < -0.4 is 5.32 Å². The molecule has 0 spiro atoms. The maximum atomic E-state index is 13.4. The predicted molar refractivity (Wildman–Crippen MR) is 89.2 cm³/mol. The molecule has 4 nitrogen and oxygen atoms in total. The first-order chi connectivity index (χ1) is 11.5. The van der Waals surface area contributed by atoms with Gasteiger partial charge >= 0.3 is 5.97 Å². The standard InChI is InChI=1S/C18H17ClFNO3/c19-15-7-5-13(6-8-15)9-10-21-17(22)12-24-18(23)11-14-3-1-2-4-16(14)20/h1-8H,9-12H2,(H,21,22). The van der Waals surface area contributed by atoms with Crippen LogP contribution in [0.3, 0.4) is 0 Å². The molecule has 24 heavy (non-hydrogen) atoms. The summed E-state index contributed by atoms with van der Waals surface area (Å²) in [6, 6.07) is 13.3.